The quantitative estimate of drug-likeness (QED) is 0.620. The zero-order valence-electron chi connectivity index (χ0n) is 13.7. The first-order valence-corrected chi connectivity index (χ1v) is 7.32. The largest absolute Gasteiger partial charge is 0.481 e. The number of rotatable bonds is 6. The van der Waals surface area contributed by atoms with Crippen LogP contribution in [0.4, 0.5) is 9.18 Å². The molecule has 0 bridgehead atoms. The predicted octanol–water partition coefficient (Wildman–Crippen LogP) is 1.37. The molecule has 1 rings (SSSR count). The van der Waals surface area contributed by atoms with E-state index in [1.165, 1.54) is 12.1 Å². The standard InChI is InChI=1S/C16H22FNO6/c1-16(2,3)24-15(23)18-8-12(19)14(22)9-4-5-11(17)10(6-9)7-13(20)21/h4-6,12,14,19,22H,7-8H2,1-3H3,(H,18,23)(H,20,21). The van der Waals surface area contributed by atoms with Crippen LogP contribution in [-0.2, 0) is 16.0 Å². The van der Waals surface area contributed by atoms with E-state index < -0.39 is 42.1 Å². The molecule has 8 heteroatoms. The second kappa shape index (κ2) is 8.07. The average molecular weight is 343 g/mol. The van der Waals surface area contributed by atoms with E-state index in [-0.39, 0.29) is 17.7 Å². The van der Waals surface area contributed by atoms with Crippen LogP contribution < -0.4 is 5.32 Å². The van der Waals surface area contributed by atoms with Crippen molar-refractivity contribution in [3.63, 3.8) is 0 Å². The number of ether oxygens (including phenoxy) is 1. The Bertz CT molecular complexity index is 599. The van der Waals surface area contributed by atoms with Gasteiger partial charge in [-0.15, -0.1) is 0 Å². The molecule has 1 aromatic carbocycles. The third-order valence-electron chi connectivity index (χ3n) is 2.97. The number of benzene rings is 1. The average Bonchev–Trinajstić information content (AvgIpc) is 2.44. The van der Waals surface area contributed by atoms with E-state index in [2.05, 4.69) is 5.32 Å². The van der Waals surface area contributed by atoms with Gasteiger partial charge in [0.2, 0.25) is 0 Å². The minimum Gasteiger partial charge on any atom is -0.481 e. The van der Waals surface area contributed by atoms with Crippen LogP contribution in [0, 0.1) is 5.82 Å². The third kappa shape index (κ3) is 6.51. The van der Waals surface area contributed by atoms with Gasteiger partial charge in [0, 0.05) is 6.54 Å². The zero-order chi connectivity index (χ0) is 18.5. The number of hydrogen-bond donors (Lipinski definition) is 4. The number of alkyl carbamates (subject to hydrolysis) is 1. The molecule has 0 aliphatic rings. The van der Waals surface area contributed by atoms with Crippen LogP contribution in [0.5, 0.6) is 0 Å². The van der Waals surface area contributed by atoms with Gasteiger partial charge < -0.3 is 25.4 Å². The van der Waals surface area contributed by atoms with E-state index in [0.717, 1.165) is 6.07 Å². The number of halogens is 1. The molecule has 0 saturated carbocycles. The molecule has 7 nitrogen and oxygen atoms in total. The zero-order valence-corrected chi connectivity index (χ0v) is 13.7. The molecule has 0 aliphatic heterocycles. The minimum absolute atomic E-state index is 0.105. The van der Waals surface area contributed by atoms with Crippen LogP contribution in [0.15, 0.2) is 18.2 Å². The molecular weight excluding hydrogens is 321 g/mol. The van der Waals surface area contributed by atoms with Gasteiger partial charge in [-0.1, -0.05) is 6.07 Å². The van der Waals surface area contributed by atoms with Gasteiger partial charge in [0.25, 0.3) is 0 Å². The molecule has 0 fully saturated rings. The van der Waals surface area contributed by atoms with E-state index >= 15 is 0 Å². The Balaban J connectivity index is 2.70. The smallest absolute Gasteiger partial charge is 0.407 e. The minimum atomic E-state index is -1.42. The van der Waals surface area contributed by atoms with Gasteiger partial charge in [0.15, 0.2) is 0 Å². The fourth-order valence-electron chi connectivity index (χ4n) is 1.91. The number of nitrogens with one attached hydrogen (secondary N) is 1. The highest BCUT2D eigenvalue weighted by atomic mass is 19.1. The Hall–Kier alpha value is -2.19. The Morgan fingerprint density at radius 3 is 2.46 bits per heavy atom. The highest BCUT2D eigenvalue weighted by molar-refractivity contribution is 5.70. The van der Waals surface area contributed by atoms with Gasteiger partial charge in [-0.25, -0.2) is 9.18 Å². The first-order valence-electron chi connectivity index (χ1n) is 7.32. The second-order valence-electron chi connectivity index (χ2n) is 6.32. The van der Waals surface area contributed by atoms with Crippen molar-refractivity contribution in [1.82, 2.24) is 5.32 Å². The molecule has 0 saturated heterocycles. The van der Waals surface area contributed by atoms with Crippen LogP contribution in [0.3, 0.4) is 0 Å². The second-order valence-corrected chi connectivity index (χ2v) is 6.32. The Morgan fingerprint density at radius 2 is 1.92 bits per heavy atom. The van der Waals surface area contributed by atoms with Crippen LogP contribution in [-0.4, -0.2) is 45.6 Å². The lowest BCUT2D eigenvalue weighted by Crippen LogP contribution is -2.38. The number of carbonyl (C=O) groups excluding carboxylic acids is 1. The maximum Gasteiger partial charge on any atom is 0.407 e. The SMILES string of the molecule is CC(C)(C)OC(=O)NCC(O)C(O)c1ccc(F)c(CC(=O)O)c1. The number of hydrogen-bond acceptors (Lipinski definition) is 5. The number of carboxylic acid groups (broad SMARTS) is 1. The highest BCUT2D eigenvalue weighted by Gasteiger charge is 2.22. The van der Waals surface area contributed by atoms with Crippen molar-refractivity contribution in [1.29, 1.82) is 0 Å². The summed E-state index contributed by atoms with van der Waals surface area (Å²) in [5.41, 5.74) is -0.659. The molecule has 24 heavy (non-hydrogen) atoms. The van der Waals surface area contributed by atoms with Gasteiger partial charge in [0.1, 0.15) is 23.6 Å². The molecule has 2 unspecified atom stereocenters. The van der Waals surface area contributed by atoms with Crippen LogP contribution in [0.2, 0.25) is 0 Å². The summed E-state index contributed by atoms with van der Waals surface area (Å²) in [5.74, 6) is -1.93. The molecule has 0 radical (unpaired) electrons. The molecule has 1 amide bonds. The summed E-state index contributed by atoms with van der Waals surface area (Å²) in [4.78, 5) is 22.2. The van der Waals surface area contributed by atoms with Crippen molar-refractivity contribution in [3.8, 4) is 0 Å². The molecular formula is C16H22FNO6. The van der Waals surface area contributed by atoms with Gasteiger partial charge >= 0.3 is 12.1 Å². The summed E-state index contributed by atoms with van der Waals surface area (Å²) in [6.07, 6.45) is -4.09. The molecule has 1 aromatic rings. The normalized spacial score (nSPS) is 13.9. The number of aliphatic carboxylic acids is 1. The summed E-state index contributed by atoms with van der Waals surface area (Å²) < 4.78 is 18.5. The van der Waals surface area contributed by atoms with E-state index in [1.54, 1.807) is 20.8 Å². The molecule has 0 aromatic heterocycles. The van der Waals surface area contributed by atoms with Crippen molar-refractivity contribution < 1.29 is 34.0 Å². The molecule has 0 spiro atoms. The molecule has 4 N–H and O–H groups in total. The first kappa shape index (κ1) is 19.9. The number of aliphatic hydroxyl groups excluding tert-OH is 2. The molecule has 2 atom stereocenters. The van der Waals surface area contributed by atoms with E-state index in [1.807, 2.05) is 0 Å². The first-order chi connectivity index (χ1) is 11.0. The van der Waals surface area contributed by atoms with Crippen LogP contribution >= 0.6 is 0 Å². The highest BCUT2D eigenvalue weighted by Crippen LogP contribution is 2.20. The lowest BCUT2D eigenvalue weighted by molar-refractivity contribution is -0.136. The third-order valence-corrected chi connectivity index (χ3v) is 2.97. The Labute approximate surface area is 139 Å². The number of amides is 1. The lowest BCUT2D eigenvalue weighted by atomic mass is 10.00. The van der Waals surface area contributed by atoms with E-state index in [9.17, 15) is 24.2 Å². The van der Waals surface area contributed by atoms with Crippen LogP contribution in [0.1, 0.15) is 38.0 Å². The number of carboxylic acids is 1. The predicted molar refractivity (Wildman–Crippen MR) is 82.9 cm³/mol. The van der Waals surface area contributed by atoms with E-state index in [4.69, 9.17) is 9.84 Å². The fraction of sp³-hybridized carbons (Fsp3) is 0.500. The van der Waals surface area contributed by atoms with Crippen molar-refractivity contribution in [2.75, 3.05) is 6.54 Å². The monoisotopic (exact) mass is 343 g/mol. The van der Waals surface area contributed by atoms with Crippen molar-refractivity contribution in [2.24, 2.45) is 0 Å². The summed E-state index contributed by atoms with van der Waals surface area (Å²) in [5, 5.41) is 31.0. The maximum absolute atomic E-state index is 13.5. The molecule has 134 valence electrons. The fourth-order valence-corrected chi connectivity index (χ4v) is 1.91. The molecule has 0 heterocycles. The summed E-state index contributed by atoms with van der Waals surface area (Å²) in [7, 11) is 0. The van der Waals surface area contributed by atoms with Crippen molar-refractivity contribution >= 4 is 12.1 Å². The maximum atomic E-state index is 13.5. The summed E-state index contributed by atoms with van der Waals surface area (Å²) >= 11 is 0. The van der Waals surface area contributed by atoms with Gasteiger partial charge in [-0.3, -0.25) is 4.79 Å². The Morgan fingerprint density at radius 1 is 1.29 bits per heavy atom. The van der Waals surface area contributed by atoms with Crippen LogP contribution in [0.25, 0.3) is 0 Å². The van der Waals surface area contributed by atoms with Gasteiger partial charge in [0.05, 0.1) is 6.42 Å². The lowest BCUT2D eigenvalue weighted by Gasteiger charge is -2.22. The number of aliphatic hydroxyl groups is 2. The van der Waals surface area contributed by atoms with E-state index in [0.29, 0.717) is 0 Å². The number of carbonyl (C=O) groups is 2. The summed E-state index contributed by atoms with van der Waals surface area (Å²) in [6.45, 7) is 4.75. The molecule has 0 aliphatic carbocycles. The van der Waals surface area contributed by atoms with Crippen molar-refractivity contribution in [2.45, 2.75) is 45.0 Å². The van der Waals surface area contributed by atoms with Gasteiger partial charge in [-0.2, -0.15) is 0 Å². The summed E-state index contributed by atoms with van der Waals surface area (Å²) in [6, 6.07) is 3.43. The topological polar surface area (TPSA) is 116 Å². The Kier molecular flexibility index (Phi) is 6.68. The van der Waals surface area contributed by atoms with Crippen molar-refractivity contribution in [3.05, 3.63) is 35.1 Å². The van der Waals surface area contributed by atoms with Gasteiger partial charge in [-0.05, 0) is 44.0 Å².